The molecule has 0 spiro atoms. The number of aliphatic hydroxyl groups excluding tert-OH is 1. The number of benzene rings is 2. The van der Waals surface area contributed by atoms with Crippen molar-refractivity contribution in [2.45, 2.75) is 38.9 Å². The van der Waals surface area contributed by atoms with E-state index in [1.165, 1.54) is 6.92 Å². The molecule has 0 bridgehead atoms. The van der Waals surface area contributed by atoms with Crippen molar-refractivity contribution in [1.82, 2.24) is 30.0 Å². The Morgan fingerprint density at radius 3 is 2.58 bits per heavy atom. The van der Waals surface area contributed by atoms with Crippen LogP contribution < -0.4 is 16.0 Å². The van der Waals surface area contributed by atoms with Crippen molar-refractivity contribution < 1.29 is 19.4 Å². The molecule has 0 saturated heterocycles. The molecule has 254 valence electrons. The van der Waals surface area contributed by atoms with Gasteiger partial charge in [-0.1, -0.05) is 6.07 Å². The highest BCUT2D eigenvalue weighted by Gasteiger charge is 2.19. The van der Waals surface area contributed by atoms with Gasteiger partial charge in [0.15, 0.2) is 0 Å². The quantitative estimate of drug-likeness (QED) is 0.100. The summed E-state index contributed by atoms with van der Waals surface area (Å²) in [4.78, 5) is 34.9. The molecule has 3 aromatic heterocycles. The zero-order chi connectivity index (χ0) is 34.0. The van der Waals surface area contributed by atoms with E-state index < -0.39 is 0 Å². The number of imidazole rings is 1. The summed E-state index contributed by atoms with van der Waals surface area (Å²) in [5.74, 6) is 0.144. The molecule has 0 aliphatic carbocycles. The monoisotopic (exact) mass is 672 g/mol. The number of aliphatic hydroxyl groups is 1. The van der Waals surface area contributed by atoms with Crippen molar-refractivity contribution in [2.24, 2.45) is 5.73 Å². The van der Waals surface area contributed by atoms with E-state index in [9.17, 15) is 14.7 Å². The smallest absolute Gasteiger partial charge is 0.302 e. The summed E-state index contributed by atoms with van der Waals surface area (Å²) in [6.07, 6.45) is 2.84. The zero-order valence-corrected chi connectivity index (χ0v) is 28.5. The molecule has 5 N–H and O–H groups in total. The predicted molar refractivity (Wildman–Crippen MR) is 190 cm³/mol. The Balaban J connectivity index is 1.41. The van der Waals surface area contributed by atoms with E-state index in [0.717, 1.165) is 68.6 Å². The van der Waals surface area contributed by atoms with E-state index >= 15 is 0 Å². The van der Waals surface area contributed by atoms with E-state index in [1.54, 1.807) is 17.5 Å². The van der Waals surface area contributed by atoms with Crippen LogP contribution in [0.3, 0.4) is 0 Å². The summed E-state index contributed by atoms with van der Waals surface area (Å²) < 4.78 is 7.38. The Kier molecular flexibility index (Phi) is 12.0. The number of nitrogens with zero attached hydrogens (tertiary/aromatic N) is 5. The number of nitrogens with one attached hydrogen (secondary N) is 2. The number of aryl methyl sites for hydroxylation is 1. The van der Waals surface area contributed by atoms with Crippen molar-refractivity contribution in [3.63, 3.8) is 0 Å². The lowest BCUT2D eigenvalue weighted by atomic mass is 10.0. The van der Waals surface area contributed by atoms with E-state index in [-0.39, 0.29) is 37.6 Å². The van der Waals surface area contributed by atoms with Crippen molar-refractivity contribution in [1.29, 1.82) is 0 Å². The van der Waals surface area contributed by atoms with Crippen LogP contribution in [0.15, 0.2) is 66.9 Å². The second-order valence-corrected chi connectivity index (χ2v) is 13.1. The number of anilines is 1. The first kappa shape index (κ1) is 34.8. The molecule has 0 fully saturated rings. The normalized spacial score (nSPS) is 12.1. The first-order valence-electron chi connectivity index (χ1n) is 16.1. The molecule has 1 atom stereocenters. The second-order valence-electron chi connectivity index (χ2n) is 11.9. The van der Waals surface area contributed by atoms with Crippen molar-refractivity contribution in [2.75, 3.05) is 51.8 Å². The molecule has 0 saturated carbocycles. The first-order valence-corrected chi connectivity index (χ1v) is 16.9. The van der Waals surface area contributed by atoms with Gasteiger partial charge in [-0.25, -0.2) is 4.98 Å². The number of thiophene rings is 1. The number of ether oxygens (including phenoxy) is 1. The van der Waals surface area contributed by atoms with Gasteiger partial charge in [-0.2, -0.15) is 5.10 Å². The molecule has 0 aliphatic rings. The van der Waals surface area contributed by atoms with Gasteiger partial charge < -0.3 is 35.3 Å². The number of H-pyrrole nitrogens is 1. The van der Waals surface area contributed by atoms with Crippen LogP contribution in [0, 0.1) is 0 Å². The number of hydrogen-bond donors (Lipinski definition) is 4. The molecule has 12 nitrogen and oxygen atoms in total. The molecule has 2 aromatic carbocycles. The van der Waals surface area contributed by atoms with Gasteiger partial charge in [0, 0.05) is 61.3 Å². The Hall–Kier alpha value is -4.56. The summed E-state index contributed by atoms with van der Waals surface area (Å²) >= 11 is 1.67. The fourth-order valence-corrected chi connectivity index (χ4v) is 6.64. The highest BCUT2D eigenvalue weighted by atomic mass is 32.1. The third-order valence-corrected chi connectivity index (χ3v) is 9.16. The number of hydrogen-bond acceptors (Lipinski definition) is 10. The SMILES string of the molecule is CC(=O)OCCN(CCO)c1ccc(-c2nc3cc(C(CC(N)=O)NCc4ccc(-c5ccn[nH]5)s4)ccc3n2CCCN(C)C)cc1. The van der Waals surface area contributed by atoms with Gasteiger partial charge in [-0.05, 0) is 87.2 Å². The van der Waals surface area contributed by atoms with Crippen molar-refractivity contribution in [3.05, 3.63) is 77.3 Å². The number of carbonyl (C=O) groups excluding carboxylic acids is 2. The van der Waals surface area contributed by atoms with Gasteiger partial charge >= 0.3 is 5.97 Å². The summed E-state index contributed by atoms with van der Waals surface area (Å²) in [6, 6.07) is 20.1. The summed E-state index contributed by atoms with van der Waals surface area (Å²) in [6.45, 7) is 4.81. The molecule has 3 heterocycles. The highest BCUT2D eigenvalue weighted by molar-refractivity contribution is 7.15. The van der Waals surface area contributed by atoms with E-state index in [1.807, 2.05) is 35.2 Å². The Bertz CT molecular complexity index is 1780. The highest BCUT2D eigenvalue weighted by Crippen LogP contribution is 2.31. The summed E-state index contributed by atoms with van der Waals surface area (Å²) in [5.41, 5.74) is 11.4. The zero-order valence-electron chi connectivity index (χ0n) is 27.7. The van der Waals surface area contributed by atoms with E-state index in [0.29, 0.717) is 19.6 Å². The topological polar surface area (TPSA) is 155 Å². The van der Waals surface area contributed by atoms with Gasteiger partial charge in [0.05, 0.1) is 34.8 Å². The number of aromatic nitrogens is 4. The molecule has 1 unspecified atom stereocenters. The van der Waals surface area contributed by atoms with Gasteiger partial charge in [0.2, 0.25) is 5.91 Å². The number of nitrogens with two attached hydrogens (primary N) is 1. The van der Waals surface area contributed by atoms with Crippen LogP contribution in [0.25, 0.3) is 33.0 Å². The van der Waals surface area contributed by atoms with Crippen LogP contribution in [0.4, 0.5) is 5.69 Å². The van der Waals surface area contributed by atoms with Crippen molar-refractivity contribution in [3.8, 4) is 22.0 Å². The fourth-order valence-electron chi connectivity index (χ4n) is 5.71. The number of aromatic amines is 1. The maximum atomic E-state index is 12.1. The third-order valence-electron chi connectivity index (χ3n) is 8.04. The second kappa shape index (κ2) is 16.5. The number of esters is 1. The Labute approximate surface area is 284 Å². The average molecular weight is 673 g/mol. The molecule has 5 aromatic rings. The Morgan fingerprint density at radius 2 is 1.90 bits per heavy atom. The van der Waals surface area contributed by atoms with Crippen LogP contribution in [0.1, 0.15) is 36.2 Å². The van der Waals surface area contributed by atoms with Gasteiger partial charge in [0.25, 0.3) is 0 Å². The molecule has 0 aliphatic heterocycles. The number of rotatable bonds is 18. The number of primary amides is 1. The lowest BCUT2D eigenvalue weighted by molar-refractivity contribution is -0.140. The molecule has 0 radical (unpaired) electrons. The Morgan fingerprint density at radius 1 is 1.08 bits per heavy atom. The van der Waals surface area contributed by atoms with Gasteiger partial charge in [-0.15, -0.1) is 11.3 Å². The van der Waals surface area contributed by atoms with Crippen LogP contribution in [-0.2, 0) is 27.4 Å². The standard InChI is InChI=1S/C35H44N8O4S/c1-24(45)47-20-18-42(17-19-44)27-8-5-25(6-9-27)35-39-31-21-26(7-11-32(31)43(35)16-4-15-41(2)3)30(22-34(36)46)37-23-28-10-12-33(48-28)29-13-14-38-40-29/h5-14,21,30,37,44H,4,15-20,22-23H2,1-3H3,(H2,36,46)(H,38,40). The number of fused-ring (bicyclic) bond motifs is 1. The molecule has 48 heavy (non-hydrogen) atoms. The van der Waals surface area contributed by atoms with Crippen LogP contribution in [0.2, 0.25) is 0 Å². The van der Waals surface area contributed by atoms with Crippen LogP contribution in [-0.4, -0.2) is 88.6 Å². The van der Waals surface area contributed by atoms with E-state index in [4.69, 9.17) is 15.5 Å². The minimum Gasteiger partial charge on any atom is -0.464 e. The maximum absolute atomic E-state index is 12.1. The first-order chi connectivity index (χ1) is 23.2. The molecular formula is C35H44N8O4S. The average Bonchev–Trinajstić information content (AvgIpc) is 3.83. The van der Waals surface area contributed by atoms with E-state index in [2.05, 4.69) is 69.4 Å². The molecule has 13 heteroatoms. The lowest BCUT2D eigenvalue weighted by Crippen LogP contribution is -2.30. The maximum Gasteiger partial charge on any atom is 0.302 e. The summed E-state index contributed by atoms with van der Waals surface area (Å²) in [5, 5.41) is 20.2. The summed E-state index contributed by atoms with van der Waals surface area (Å²) in [7, 11) is 4.13. The predicted octanol–water partition coefficient (Wildman–Crippen LogP) is 4.17. The fraction of sp³-hybridized carbons (Fsp3) is 0.371. The molecular weight excluding hydrogens is 629 g/mol. The number of carbonyl (C=O) groups is 2. The number of amides is 1. The van der Waals surface area contributed by atoms with Gasteiger partial charge in [0.1, 0.15) is 12.4 Å². The largest absolute Gasteiger partial charge is 0.464 e. The third kappa shape index (κ3) is 9.07. The minimum absolute atomic E-state index is 0.0169. The molecule has 5 rings (SSSR count). The minimum atomic E-state index is -0.380. The van der Waals surface area contributed by atoms with Crippen molar-refractivity contribution >= 4 is 39.9 Å². The lowest BCUT2D eigenvalue weighted by Gasteiger charge is -2.24. The van der Waals surface area contributed by atoms with Crippen LogP contribution >= 0.6 is 11.3 Å². The van der Waals surface area contributed by atoms with Gasteiger partial charge in [-0.3, -0.25) is 14.7 Å². The molecule has 1 amide bonds. The van der Waals surface area contributed by atoms with Crippen LogP contribution in [0.5, 0.6) is 0 Å².